The summed E-state index contributed by atoms with van der Waals surface area (Å²) >= 11 is 6.05. The molecule has 0 amide bonds. The lowest BCUT2D eigenvalue weighted by Gasteiger charge is -2.17. The highest BCUT2D eigenvalue weighted by molar-refractivity contribution is 6.33. The van der Waals surface area contributed by atoms with Crippen molar-refractivity contribution in [1.29, 1.82) is 0 Å². The average molecular weight is 414 g/mol. The molecule has 1 heterocycles. The first-order valence-electron chi connectivity index (χ1n) is 9.14. The van der Waals surface area contributed by atoms with Crippen LogP contribution in [0.25, 0.3) is 0 Å². The molecule has 0 radical (unpaired) electrons. The van der Waals surface area contributed by atoms with Crippen LogP contribution in [-0.4, -0.2) is 42.1 Å². The summed E-state index contributed by atoms with van der Waals surface area (Å²) in [7, 11) is 3.99. The molecule has 28 heavy (non-hydrogen) atoms. The Balaban J connectivity index is 1.84. The third kappa shape index (κ3) is 5.48. The van der Waals surface area contributed by atoms with Gasteiger partial charge in [-0.1, -0.05) is 17.7 Å². The zero-order valence-electron chi connectivity index (χ0n) is 15.8. The normalized spacial score (nSPS) is 14.4. The minimum absolute atomic E-state index is 0.0121. The van der Waals surface area contributed by atoms with E-state index < -0.39 is 11.7 Å². The molecule has 152 valence electrons. The number of benzene rings is 1. The Hall–Kier alpha value is -2.06. The molecule has 1 aliphatic carbocycles. The van der Waals surface area contributed by atoms with E-state index in [1.54, 1.807) is 6.07 Å². The highest BCUT2D eigenvalue weighted by Gasteiger charge is 2.34. The van der Waals surface area contributed by atoms with Crippen LogP contribution in [0.1, 0.15) is 36.4 Å². The molecule has 0 unspecified atom stereocenters. The van der Waals surface area contributed by atoms with E-state index in [2.05, 4.69) is 25.5 Å². The molecule has 1 saturated carbocycles. The van der Waals surface area contributed by atoms with E-state index in [9.17, 15) is 13.2 Å². The molecule has 5 nitrogen and oxygen atoms in total. The van der Waals surface area contributed by atoms with Crippen molar-refractivity contribution < 1.29 is 13.2 Å². The highest BCUT2D eigenvalue weighted by Crippen LogP contribution is 2.42. The Bertz CT molecular complexity index is 822. The van der Waals surface area contributed by atoms with Gasteiger partial charge >= 0.3 is 6.18 Å². The Labute approximate surface area is 167 Å². The van der Waals surface area contributed by atoms with Crippen LogP contribution in [0.2, 0.25) is 5.02 Å². The maximum atomic E-state index is 13.4. The van der Waals surface area contributed by atoms with Crippen LogP contribution in [0.5, 0.6) is 0 Å². The highest BCUT2D eigenvalue weighted by atomic mass is 35.5. The van der Waals surface area contributed by atoms with Gasteiger partial charge in [0.05, 0.1) is 22.0 Å². The summed E-state index contributed by atoms with van der Waals surface area (Å²) in [6.07, 6.45) is -1.57. The Kier molecular flexibility index (Phi) is 6.30. The van der Waals surface area contributed by atoms with Crippen molar-refractivity contribution in [2.75, 3.05) is 37.8 Å². The number of rotatable bonds is 8. The minimum atomic E-state index is -4.52. The summed E-state index contributed by atoms with van der Waals surface area (Å²) < 4.78 is 40.1. The topological polar surface area (TPSA) is 53.1 Å². The summed E-state index contributed by atoms with van der Waals surface area (Å²) in [6, 6.07) is 5.40. The molecule has 2 N–H and O–H groups in total. The van der Waals surface area contributed by atoms with E-state index >= 15 is 0 Å². The van der Waals surface area contributed by atoms with E-state index in [1.807, 2.05) is 14.1 Å². The van der Waals surface area contributed by atoms with Gasteiger partial charge in [-0.3, -0.25) is 0 Å². The molecule has 9 heteroatoms. The molecule has 3 rings (SSSR count). The fourth-order valence-electron chi connectivity index (χ4n) is 2.81. The third-order valence-electron chi connectivity index (χ3n) is 4.38. The van der Waals surface area contributed by atoms with Crippen LogP contribution >= 0.6 is 11.6 Å². The van der Waals surface area contributed by atoms with Crippen molar-refractivity contribution in [2.45, 2.75) is 31.4 Å². The number of nitrogens with one attached hydrogen (secondary N) is 2. The zero-order valence-corrected chi connectivity index (χ0v) is 16.5. The molecule has 0 saturated heterocycles. The van der Waals surface area contributed by atoms with Gasteiger partial charge in [0.25, 0.3) is 0 Å². The first-order chi connectivity index (χ1) is 13.2. The molecule has 0 bridgehead atoms. The molecular weight excluding hydrogens is 391 g/mol. The number of aromatic nitrogens is 2. The Morgan fingerprint density at radius 2 is 1.96 bits per heavy atom. The smallest absolute Gasteiger partial charge is 0.354 e. The van der Waals surface area contributed by atoms with Gasteiger partial charge in [-0.2, -0.15) is 18.2 Å². The largest absolute Gasteiger partial charge is 0.418 e. The molecule has 0 atom stereocenters. The summed E-state index contributed by atoms with van der Waals surface area (Å²) in [4.78, 5) is 10.9. The van der Waals surface area contributed by atoms with Crippen LogP contribution in [0.15, 0.2) is 24.3 Å². The molecular formula is C19H23ClF3N5. The van der Waals surface area contributed by atoms with Gasteiger partial charge in [-0.05, 0) is 52.0 Å². The second-order valence-corrected chi connectivity index (χ2v) is 7.55. The van der Waals surface area contributed by atoms with Crippen LogP contribution in [0, 0.1) is 0 Å². The quantitative estimate of drug-likeness (QED) is 0.587. The number of alkyl halides is 3. The molecule has 0 spiro atoms. The fourth-order valence-corrected chi connectivity index (χ4v) is 3.03. The second kappa shape index (κ2) is 8.53. The molecule has 1 aliphatic rings. The predicted octanol–water partition coefficient (Wildman–Crippen LogP) is 5.13. The van der Waals surface area contributed by atoms with Crippen LogP contribution in [0.3, 0.4) is 0 Å². The number of hydrogen-bond acceptors (Lipinski definition) is 5. The maximum Gasteiger partial charge on any atom is 0.418 e. The standard InChI is InChI=1S/C19H23ClF3N5/c1-28(2)10-4-9-24-18-25-15(12-7-8-12)11-16(27-18)26-17-13(19(21,22)23)5-3-6-14(17)20/h3,5-6,11-12H,4,7-10H2,1-2H3,(H2,24,25,26,27). The molecule has 0 aliphatic heterocycles. The van der Waals surface area contributed by atoms with Crippen LogP contribution in [0.4, 0.5) is 30.6 Å². The summed E-state index contributed by atoms with van der Waals surface area (Å²) in [5.74, 6) is 1.04. The first kappa shape index (κ1) is 20.7. The lowest BCUT2D eigenvalue weighted by Crippen LogP contribution is -2.17. The van der Waals surface area contributed by atoms with Gasteiger partial charge < -0.3 is 15.5 Å². The predicted molar refractivity (Wildman–Crippen MR) is 105 cm³/mol. The number of hydrogen-bond donors (Lipinski definition) is 2. The molecule has 1 aromatic heterocycles. The SMILES string of the molecule is CN(C)CCCNc1nc(Nc2c(Cl)cccc2C(F)(F)F)cc(C2CC2)n1. The van der Waals surface area contributed by atoms with Crippen molar-refractivity contribution in [1.82, 2.24) is 14.9 Å². The number of anilines is 3. The van der Waals surface area contributed by atoms with E-state index in [0.29, 0.717) is 24.2 Å². The Morgan fingerprint density at radius 1 is 1.21 bits per heavy atom. The van der Waals surface area contributed by atoms with Gasteiger partial charge in [0.2, 0.25) is 5.95 Å². The van der Waals surface area contributed by atoms with Gasteiger partial charge in [-0.25, -0.2) is 4.98 Å². The lowest BCUT2D eigenvalue weighted by molar-refractivity contribution is -0.136. The number of nitrogens with zero attached hydrogens (tertiary/aromatic N) is 3. The van der Waals surface area contributed by atoms with Gasteiger partial charge in [-0.15, -0.1) is 0 Å². The van der Waals surface area contributed by atoms with Crippen molar-refractivity contribution in [3.05, 3.63) is 40.5 Å². The number of para-hydroxylation sites is 1. The summed E-state index contributed by atoms with van der Waals surface area (Å²) in [5.41, 5.74) is -0.198. The van der Waals surface area contributed by atoms with Crippen molar-refractivity contribution >= 4 is 29.1 Å². The monoisotopic (exact) mass is 413 g/mol. The Morgan fingerprint density at radius 3 is 2.61 bits per heavy atom. The molecule has 1 aromatic carbocycles. The maximum absolute atomic E-state index is 13.4. The van der Waals surface area contributed by atoms with Crippen LogP contribution < -0.4 is 10.6 Å². The minimum Gasteiger partial charge on any atom is -0.354 e. The van der Waals surface area contributed by atoms with E-state index in [0.717, 1.165) is 37.6 Å². The average Bonchev–Trinajstić information content (AvgIpc) is 3.44. The second-order valence-electron chi connectivity index (χ2n) is 7.14. The van der Waals surface area contributed by atoms with E-state index in [-0.39, 0.29) is 10.7 Å². The van der Waals surface area contributed by atoms with Gasteiger partial charge in [0, 0.05) is 18.5 Å². The summed E-state index contributed by atoms with van der Waals surface area (Å²) in [6.45, 7) is 1.58. The summed E-state index contributed by atoms with van der Waals surface area (Å²) in [5, 5.41) is 5.92. The van der Waals surface area contributed by atoms with E-state index in [4.69, 9.17) is 11.6 Å². The van der Waals surface area contributed by atoms with Crippen molar-refractivity contribution in [2.24, 2.45) is 0 Å². The van der Waals surface area contributed by atoms with Gasteiger partial charge in [0.15, 0.2) is 0 Å². The van der Waals surface area contributed by atoms with E-state index in [1.165, 1.54) is 12.1 Å². The third-order valence-corrected chi connectivity index (χ3v) is 4.69. The van der Waals surface area contributed by atoms with Gasteiger partial charge in [0.1, 0.15) is 5.82 Å². The first-order valence-corrected chi connectivity index (χ1v) is 9.52. The molecule has 1 fully saturated rings. The molecule has 2 aromatic rings. The lowest BCUT2D eigenvalue weighted by atomic mass is 10.1. The van der Waals surface area contributed by atoms with Crippen LogP contribution in [-0.2, 0) is 6.18 Å². The zero-order chi connectivity index (χ0) is 20.3. The number of halogens is 4. The fraction of sp³-hybridized carbons (Fsp3) is 0.474. The van der Waals surface area contributed by atoms with Crippen molar-refractivity contribution in [3.8, 4) is 0 Å². The van der Waals surface area contributed by atoms with Crippen molar-refractivity contribution in [3.63, 3.8) is 0 Å².